The van der Waals surface area contributed by atoms with Gasteiger partial charge in [0, 0.05) is 39.0 Å². The van der Waals surface area contributed by atoms with Crippen molar-refractivity contribution in [1.29, 1.82) is 0 Å². The van der Waals surface area contributed by atoms with Crippen molar-refractivity contribution in [2.75, 3.05) is 4.90 Å². The van der Waals surface area contributed by atoms with Crippen LogP contribution in [0.4, 0.5) is 17.1 Å². The van der Waals surface area contributed by atoms with E-state index in [2.05, 4.69) is 193 Å². The van der Waals surface area contributed by atoms with Crippen molar-refractivity contribution >= 4 is 49.8 Å². The fourth-order valence-corrected chi connectivity index (χ4v) is 9.54. The molecule has 0 N–H and O–H groups in total. The van der Waals surface area contributed by atoms with Crippen LogP contribution in [0.3, 0.4) is 0 Å². The maximum atomic E-state index is 6.82. The van der Waals surface area contributed by atoms with Gasteiger partial charge in [0.2, 0.25) is 0 Å². The molecule has 0 radical (unpaired) electrons. The minimum atomic E-state index is -0.624. The minimum Gasteiger partial charge on any atom is -0.457 e. The number of hydrogen-bond acceptors (Lipinski definition) is 3. The number of hydrogen-bond donors (Lipinski definition) is 0. The van der Waals surface area contributed by atoms with Gasteiger partial charge in [-0.1, -0.05) is 140 Å². The lowest BCUT2D eigenvalue weighted by molar-refractivity contribution is 0.438. The molecule has 1 aromatic heterocycles. The molecule has 0 saturated carbocycles. The average Bonchev–Trinajstić information content (AvgIpc) is 3.77. The molecule has 1 spiro atoms. The second-order valence-electron chi connectivity index (χ2n) is 14.8. The Balaban J connectivity index is 1.14. The smallest absolute Gasteiger partial charge is 0.135 e. The topological polar surface area (TPSA) is 25.6 Å². The maximum Gasteiger partial charge on any atom is 0.135 e. The van der Waals surface area contributed by atoms with Crippen molar-refractivity contribution in [2.45, 2.75) is 5.41 Å². The van der Waals surface area contributed by atoms with Crippen LogP contribution in [0, 0.1) is 0 Å². The molecule has 2 aliphatic rings. The molecule has 2 heterocycles. The average molecular weight is 716 g/mol. The summed E-state index contributed by atoms with van der Waals surface area (Å²) in [7, 11) is 0. The summed E-state index contributed by atoms with van der Waals surface area (Å²) in [4.78, 5) is 2.39. The van der Waals surface area contributed by atoms with Crippen LogP contribution in [-0.2, 0) is 5.41 Å². The third-order valence-corrected chi connectivity index (χ3v) is 11.9. The van der Waals surface area contributed by atoms with Gasteiger partial charge in [-0.15, -0.1) is 0 Å². The molecule has 0 fully saturated rings. The van der Waals surface area contributed by atoms with Crippen LogP contribution in [0.15, 0.2) is 205 Å². The molecule has 1 aliphatic carbocycles. The van der Waals surface area contributed by atoms with Crippen molar-refractivity contribution in [3.05, 3.63) is 222 Å². The first-order valence-electron chi connectivity index (χ1n) is 19.2. The summed E-state index contributed by atoms with van der Waals surface area (Å²) in [5, 5.41) is 4.58. The summed E-state index contributed by atoms with van der Waals surface area (Å²) in [5.74, 6) is 1.77. The van der Waals surface area contributed by atoms with E-state index >= 15 is 0 Å². The molecule has 10 aromatic rings. The first-order chi connectivity index (χ1) is 27.8. The SMILES string of the molecule is c1ccc(-c2ccc(N(c3ccc4c(c3)C3(c5ccccc5Oc5ccc6ccccc6c53)c3ccccc3-4)c3ccc4oc5ccccc5c4c3)cc2)cc1. The lowest BCUT2D eigenvalue weighted by Gasteiger charge is -2.40. The van der Waals surface area contributed by atoms with Gasteiger partial charge in [-0.2, -0.15) is 0 Å². The van der Waals surface area contributed by atoms with E-state index in [0.29, 0.717) is 0 Å². The van der Waals surface area contributed by atoms with Gasteiger partial charge in [-0.3, -0.25) is 0 Å². The van der Waals surface area contributed by atoms with E-state index < -0.39 is 5.41 Å². The number of rotatable bonds is 4. The number of benzene rings is 9. The number of anilines is 3. The Hall–Kier alpha value is -7.36. The second kappa shape index (κ2) is 11.8. The third kappa shape index (κ3) is 4.34. The van der Waals surface area contributed by atoms with Gasteiger partial charge in [0.05, 0.1) is 5.41 Å². The molecular formula is C53H33NO2. The highest BCUT2D eigenvalue weighted by atomic mass is 16.5. The Bertz CT molecular complexity index is 3180. The summed E-state index contributed by atoms with van der Waals surface area (Å²) >= 11 is 0. The first kappa shape index (κ1) is 31.0. The number of para-hydroxylation sites is 2. The van der Waals surface area contributed by atoms with Crippen LogP contribution < -0.4 is 9.64 Å². The standard InChI is InChI=1S/C53H33NO2/c1-2-12-34(13-3-1)35-22-25-37(26-23-35)54(38-28-31-49-44(32-38)43-17-7-10-20-48(43)55-49)39-27-29-42-41-16-6-8-18-45(41)53(47(42)33-39)46-19-9-11-21-50(46)56-51-30-24-36-14-4-5-15-40(36)52(51)53/h1-33H. The summed E-state index contributed by atoms with van der Waals surface area (Å²) in [6.45, 7) is 0. The van der Waals surface area contributed by atoms with E-state index in [1.165, 1.54) is 49.7 Å². The van der Waals surface area contributed by atoms with Gasteiger partial charge in [-0.05, 0) is 105 Å². The minimum absolute atomic E-state index is 0.624. The zero-order valence-corrected chi connectivity index (χ0v) is 30.3. The molecule has 3 heteroatoms. The lowest BCUT2D eigenvalue weighted by Crippen LogP contribution is -2.32. The van der Waals surface area contributed by atoms with Crippen molar-refractivity contribution in [3.8, 4) is 33.8 Å². The molecule has 0 bridgehead atoms. The Labute approximate surface area is 324 Å². The van der Waals surface area contributed by atoms with Crippen LogP contribution in [0.5, 0.6) is 11.5 Å². The molecule has 9 aromatic carbocycles. The van der Waals surface area contributed by atoms with E-state index in [1.807, 2.05) is 12.1 Å². The molecule has 1 unspecified atom stereocenters. The molecule has 0 amide bonds. The molecule has 3 nitrogen and oxygen atoms in total. The largest absolute Gasteiger partial charge is 0.457 e. The van der Waals surface area contributed by atoms with Crippen LogP contribution in [0.1, 0.15) is 22.3 Å². The van der Waals surface area contributed by atoms with Crippen molar-refractivity contribution < 1.29 is 9.15 Å². The predicted octanol–water partition coefficient (Wildman–Crippen LogP) is 14.3. The highest BCUT2D eigenvalue weighted by Gasteiger charge is 2.52. The monoisotopic (exact) mass is 715 g/mol. The normalized spacial score (nSPS) is 15.0. The summed E-state index contributed by atoms with van der Waals surface area (Å²) < 4.78 is 13.1. The molecular weight excluding hydrogens is 683 g/mol. The fraction of sp³-hybridized carbons (Fsp3) is 0.0189. The second-order valence-corrected chi connectivity index (χ2v) is 14.8. The van der Waals surface area contributed by atoms with Gasteiger partial charge in [0.15, 0.2) is 0 Å². The van der Waals surface area contributed by atoms with E-state index in [0.717, 1.165) is 56.1 Å². The van der Waals surface area contributed by atoms with E-state index in [4.69, 9.17) is 9.15 Å². The van der Waals surface area contributed by atoms with Gasteiger partial charge < -0.3 is 14.1 Å². The fourth-order valence-electron chi connectivity index (χ4n) is 9.54. The highest BCUT2D eigenvalue weighted by molar-refractivity contribution is 6.07. The van der Waals surface area contributed by atoms with Gasteiger partial charge in [0.25, 0.3) is 0 Å². The number of ether oxygens (including phenoxy) is 1. The predicted molar refractivity (Wildman–Crippen MR) is 229 cm³/mol. The van der Waals surface area contributed by atoms with Crippen LogP contribution in [-0.4, -0.2) is 0 Å². The lowest BCUT2D eigenvalue weighted by atomic mass is 9.65. The number of furan rings is 1. The van der Waals surface area contributed by atoms with Crippen molar-refractivity contribution in [1.82, 2.24) is 0 Å². The molecule has 262 valence electrons. The summed E-state index contributed by atoms with van der Waals surface area (Å²) in [6, 6.07) is 72.0. The molecule has 1 aliphatic heterocycles. The molecule has 0 saturated heterocycles. The van der Waals surface area contributed by atoms with Crippen molar-refractivity contribution in [2.24, 2.45) is 0 Å². The quantitative estimate of drug-likeness (QED) is 0.181. The van der Waals surface area contributed by atoms with E-state index in [-0.39, 0.29) is 0 Å². The molecule has 12 rings (SSSR count). The Kier molecular flexibility index (Phi) is 6.55. The zero-order valence-electron chi connectivity index (χ0n) is 30.3. The molecule has 1 atom stereocenters. The maximum absolute atomic E-state index is 6.82. The highest BCUT2D eigenvalue weighted by Crippen LogP contribution is 2.64. The van der Waals surface area contributed by atoms with Gasteiger partial charge in [0.1, 0.15) is 22.7 Å². The summed E-state index contributed by atoms with van der Waals surface area (Å²) in [6.07, 6.45) is 0. The van der Waals surface area contributed by atoms with Crippen molar-refractivity contribution in [3.63, 3.8) is 0 Å². The number of nitrogens with zero attached hydrogens (tertiary/aromatic N) is 1. The van der Waals surface area contributed by atoms with Gasteiger partial charge in [-0.25, -0.2) is 0 Å². The molecule has 56 heavy (non-hydrogen) atoms. The van der Waals surface area contributed by atoms with E-state index in [9.17, 15) is 0 Å². The number of fused-ring (bicyclic) bond motifs is 14. The van der Waals surface area contributed by atoms with Gasteiger partial charge >= 0.3 is 0 Å². The van der Waals surface area contributed by atoms with Crippen LogP contribution in [0.25, 0.3) is 55.0 Å². The summed E-state index contributed by atoms with van der Waals surface area (Å²) in [5.41, 5.74) is 14.0. The third-order valence-electron chi connectivity index (χ3n) is 11.9. The zero-order chi connectivity index (χ0) is 36.8. The Morgan fingerprint density at radius 2 is 1.02 bits per heavy atom. The Morgan fingerprint density at radius 1 is 0.375 bits per heavy atom. The first-order valence-corrected chi connectivity index (χ1v) is 19.2. The van der Waals surface area contributed by atoms with Crippen LogP contribution >= 0.6 is 0 Å². The van der Waals surface area contributed by atoms with E-state index in [1.54, 1.807) is 0 Å². The van der Waals surface area contributed by atoms with Crippen LogP contribution in [0.2, 0.25) is 0 Å². The Morgan fingerprint density at radius 3 is 1.91 bits per heavy atom.